The van der Waals surface area contributed by atoms with E-state index in [-0.39, 0.29) is 11.3 Å². The number of ketones is 1. The highest BCUT2D eigenvalue weighted by atomic mass is 32.2. The molecule has 0 saturated carbocycles. The summed E-state index contributed by atoms with van der Waals surface area (Å²) in [6.07, 6.45) is 1.68. The molecule has 1 aromatic rings. The summed E-state index contributed by atoms with van der Waals surface area (Å²) in [5.74, 6) is -0.903. The molecular formula is C13H15FO3S. The van der Waals surface area contributed by atoms with E-state index in [1.807, 2.05) is 0 Å². The topological polar surface area (TPSA) is 51.2 Å². The van der Waals surface area contributed by atoms with Crippen molar-refractivity contribution in [3.8, 4) is 0 Å². The van der Waals surface area contributed by atoms with Gasteiger partial charge >= 0.3 is 0 Å². The van der Waals surface area contributed by atoms with Crippen LogP contribution in [0.15, 0.2) is 18.2 Å². The molecular weight excluding hydrogens is 255 g/mol. The van der Waals surface area contributed by atoms with Gasteiger partial charge in [-0.05, 0) is 31.4 Å². The number of halogens is 1. The first-order valence-electron chi connectivity index (χ1n) is 5.94. The molecule has 98 valence electrons. The number of sulfone groups is 1. The first kappa shape index (κ1) is 13.2. The number of Topliss-reactive ketones (excluding diaryl/α,β-unsaturated/α-hetero) is 1. The third-order valence-corrected chi connectivity index (χ3v) is 5.50. The van der Waals surface area contributed by atoms with Gasteiger partial charge in [-0.3, -0.25) is 4.79 Å². The molecule has 0 bridgehead atoms. The first-order chi connectivity index (χ1) is 8.42. The van der Waals surface area contributed by atoms with Gasteiger partial charge in [-0.1, -0.05) is 18.6 Å². The van der Waals surface area contributed by atoms with Crippen molar-refractivity contribution in [2.75, 3.05) is 5.75 Å². The molecule has 1 fully saturated rings. The summed E-state index contributed by atoms with van der Waals surface area (Å²) in [6.45, 7) is 1.60. The SMILES string of the molecule is Cc1ccc(C(=O)C2CCCCS2(=O)=O)cc1F. The smallest absolute Gasteiger partial charge is 0.181 e. The second-order valence-electron chi connectivity index (χ2n) is 4.68. The van der Waals surface area contributed by atoms with Gasteiger partial charge in [0.15, 0.2) is 15.6 Å². The van der Waals surface area contributed by atoms with Crippen molar-refractivity contribution in [3.63, 3.8) is 0 Å². The van der Waals surface area contributed by atoms with Gasteiger partial charge in [0.05, 0.1) is 5.75 Å². The molecule has 3 nitrogen and oxygen atoms in total. The lowest BCUT2D eigenvalue weighted by Gasteiger charge is -2.21. The van der Waals surface area contributed by atoms with E-state index in [9.17, 15) is 17.6 Å². The zero-order chi connectivity index (χ0) is 13.3. The highest BCUT2D eigenvalue weighted by Gasteiger charge is 2.35. The molecule has 18 heavy (non-hydrogen) atoms. The zero-order valence-electron chi connectivity index (χ0n) is 10.1. The van der Waals surface area contributed by atoms with Crippen molar-refractivity contribution < 1.29 is 17.6 Å². The average Bonchev–Trinajstić information content (AvgIpc) is 2.31. The summed E-state index contributed by atoms with van der Waals surface area (Å²) in [5.41, 5.74) is 0.589. The van der Waals surface area contributed by atoms with Gasteiger partial charge in [-0.2, -0.15) is 0 Å². The third-order valence-electron chi connectivity index (χ3n) is 3.33. The number of aryl methyl sites for hydroxylation is 1. The molecule has 1 aliphatic rings. The minimum absolute atomic E-state index is 0.0533. The standard InChI is InChI=1S/C13H15FO3S/c1-9-5-6-10(8-11(9)14)13(15)12-4-2-3-7-18(12,16)17/h5-6,8,12H,2-4,7H2,1H3. The van der Waals surface area contributed by atoms with Crippen molar-refractivity contribution in [3.05, 3.63) is 35.1 Å². The van der Waals surface area contributed by atoms with Crippen LogP contribution in [0.25, 0.3) is 0 Å². The van der Waals surface area contributed by atoms with Crippen LogP contribution < -0.4 is 0 Å². The molecule has 2 rings (SSSR count). The second-order valence-corrected chi connectivity index (χ2v) is 6.98. The van der Waals surface area contributed by atoms with E-state index in [0.717, 1.165) is 12.5 Å². The fourth-order valence-corrected chi connectivity index (χ4v) is 4.06. The van der Waals surface area contributed by atoms with Crippen molar-refractivity contribution in [1.82, 2.24) is 0 Å². The highest BCUT2D eigenvalue weighted by Crippen LogP contribution is 2.23. The van der Waals surface area contributed by atoms with E-state index in [1.54, 1.807) is 6.92 Å². The molecule has 1 aliphatic heterocycles. The zero-order valence-corrected chi connectivity index (χ0v) is 11.0. The third kappa shape index (κ3) is 2.46. The maximum atomic E-state index is 13.4. The van der Waals surface area contributed by atoms with Gasteiger partial charge in [0.2, 0.25) is 0 Å². The molecule has 0 radical (unpaired) electrons. The van der Waals surface area contributed by atoms with E-state index in [4.69, 9.17) is 0 Å². The normalized spacial score (nSPS) is 22.7. The van der Waals surface area contributed by atoms with Gasteiger partial charge in [0.1, 0.15) is 11.1 Å². The van der Waals surface area contributed by atoms with Crippen LogP contribution in [0.4, 0.5) is 4.39 Å². The van der Waals surface area contributed by atoms with E-state index in [0.29, 0.717) is 18.4 Å². The number of rotatable bonds is 2. The van der Waals surface area contributed by atoms with Crippen LogP contribution in [-0.4, -0.2) is 25.2 Å². The maximum Gasteiger partial charge on any atom is 0.181 e. The van der Waals surface area contributed by atoms with Crippen molar-refractivity contribution in [2.24, 2.45) is 0 Å². The van der Waals surface area contributed by atoms with E-state index < -0.39 is 26.7 Å². The molecule has 0 aliphatic carbocycles. The van der Waals surface area contributed by atoms with E-state index in [2.05, 4.69) is 0 Å². The summed E-state index contributed by atoms with van der Waals surface area (Å²) < 4.78 is 37.1. The van der Waals surface area contributed by atoms with Crippen LogP contribution >= 0.6 is 0 Å². The highest BCUT2D eigenvalue weighted by molar-refractivity contribution is 7.92. The van der Waals surface area contributed by atoms with Crippen molar-refractivity contribution in [2.45, 2.75) is 31.4 Å². The van der Waals surface area contributed by atoms with Crippen LogP contribution in [-0.2, 0) is 9.84 Å². The number of carbonyl (C=O) groups excluding carboxylic acids is 1. The molecule has 1 unspecified atom stereocenters. The fraction of sp³-hybridized carbons (Fsp3) is 0.462. The Balaban J connectivity index is 2.33. The Bertz CT molecular complexity index is 578. The number of hydrogen-bond donors (Lipinski definition) is 0. The predicted octanol–water partition coefficient (Wildman–Crippen LogP) is 2.28. The summed E-state index contributed by atoms with van der Waals surface area (Å²) in [4.78, 5) is 12.1. The Morgan fingerprint density at radius 3 is 2.67 bits per heavy atom. The Kier molecular flexibility index (Phi) is 3.52. The molecule has 0 N–H and O–H groups in total. The minimum atomic E-state index is -3.37. The first-order valence-corrected chi connectivity index (χ1v) is 7.65. The lowest BCUT2D eigenvalue weighted by Crippen LogP contribution is -2.35. The van der Waals surface area contributed by atoms with Gasteiger partial charge in [0, 0.05) is 5.56 Å². The Labute approximate surface area is 106 Å². The number of carbonyl (C=O) groups is 1. The minimum Gasteiger partial charge on any atom is -0.293 e. The summed E-state index contributed by atoms with van der Waals surface area (Å²) in [6, 6.07) is 4.12. The Morgan fingerprint density at radius 1 is 1.33 bits per heavy atom. The largest absolute Gasteiger partial charge is 0.293 e. The lowest BCUT2D eigenvalue weighted by molar-refractivity contribution is 0.0981. The summed E-state index contributed by atoms with van der Waals surface area (Å²) >= 11 is 0. The number of hydrogen-bond acceptors (Lipinski definition) is 3. The van der Waals surface area contributed by atoms with Gasteiger partial charge in [-0.15, -0.1) is 0 Å². The average molecular weight is 270 g/mol. The molecule has 1 atom stereocenters. The molecule has 0 amide bonds. The van der Waals surface area contributed by atoms with E-state index >= 15 is 0 Å². The molecule has 0 aromatic heterocycles. The Hall–Kier alpha value is -1.23. The van der Waals surface area contributed by atoms with Crippen LogP contribution in [0, 0.1) is 12.7 Å². The fourth-order valence-electron chi connectivity index (χ4n) is 2.18. The van der Waals surface area contributed by atoms with Crippen LogP contribution in [0.5, 0.6) is 0 Å². The van der Waals surface area contributed by atoms with Gasteiger partial charge in [0.25, 0.3) is 0 Å². The maximum absolute atomic E-state index is 13.4. The molecule has 1 saturated heterocycles. The summed E-state index contributed by atoms with van der Waals surface area (Å²) in [7, 11) is -3.37. The molecule has 1 aromatic carbocycles. The quantitative estimate of drug-likeness (QED) is 0.775. The van der Waals surface area contributed by atoms with Gasteiger partial charge in [-0.25, -0.2) is 12.8 Å². The number of benzene rings is 1. The van der Waals surface area contributed by atoms with Crippen molar-refractivity contribution in [1.29, 1.82) is 0 Å². The molecule has 0 spiro atoms. The van der Waals surface area contributed by atoms with Crippen LogP contribution in [0.3, 0.4) is 0 Å². The van der Waals surface area contributed by atoms with E-state index in [1.165, 1.54) is 12.1 Å². The second kappa shape index (κ2) is 4.80. The lowest BCUT2D eigenvalue weighted by atomic mass is 10.0. The summed E-state index contributed by atoms with van der Waals surface area (Å²) in [5, 5.41) is -0.992. The Morgan fingerprint density at radius 2 is 2.06 bits per heavy atom. The van der Waals surface area contributed by atoms with Crippen LogP contribution in [0.1, 0.15) is 35.2 Å². The van der Waals surface area contributed by atoms with Crippen molar-refractivity contribution >= 4 is 15.6 Å². The molecule has 5 heteroatoms. The molecule has 1 heterocycles. The predicted molar refractivity (Wildman–Crippen MR) is 66.9 cm³/mol. The monoisotopic (exact) mass is 270 g/mol. The van der Waals surface area contributed by atoms with Crippen LogP contribution in [0.2, 0.25) is 0 Å². The van der Waals surface area contributed by atoms with Gasteiger partial charge < -0.3 is 0 Å².